The molecule has 2 aromatic rings. The number of methoxy groups -OCH3 is 1. The Balaban J connectivity index is 0.00000320. The quantitative estimate of drug-likeness (QED) is 0.392. The van der Waals surface area contributed by atoms with Gasteiger partial charge in [-0.2, -0.15) is 0 Å². The second kappa shape index (κ2) is 12.0. The zero-order chi connectivity index (χ0) is 20.8. The molecule has 0 saturated heterocycles. The van der Waals surface area contributed by atoms with Crippen LogP contribution in [0.1, 0.15) is 40.6 Å². The lowest BCUT2D eigenvalue weighted by molar-refractivity contribution is -0.115. The first-order chi connectivity index (χ1) is 14.0. The molecule has 0 aliphatic carbocycles. The number of ether oxygens (including phenoxy) is 1. The second-order valence-electron chi connectivity index (χ2n) is 6.83. The monoisotopic (exact) mass is 488 g/mol. The molecular weight excluding hydrogens is 463 g/mol. The zero-order valence-electron chi connectivity index (χ0n) is 17.0. The van der Waals surface area contributed by atoms with Crippen molar-refractivity contribution in [1.29, 1.82) is 0 Å². The van der Waals surface area contributed by atoms with Crippen molar-refractivity contribution in [1.82, 2.24) is 4.90 Å². The highest BCUT2D eigenvalue weighted by Gasteiger charge is 2.29. The van der Waals surface area contributed by atoms with Crippen molar-refractivity contribution >= 4 is 64.0 Å². The van der Waals surface area contributed by atoms with Crippen LogP contribution in [0.15, 0.2) is 29.2 Å². The number of halogens is 2. The Labute approximate surface area is 196 Å². The number of anilines is 1. The lowest BCUT2D eigenvalue weighted by Crippen LogP contribution is -2.30. The number of nitrogens with zero attached hydrogens (tertiary/aromatic N) is 1. The summed E-state index contributed by atoms with van der Waals surface area (Å²) in [7, 11) is 1.38. The van der Waals surface area contributed by atoms with Gasteiger partial charge in [-0.1, -0.05) is 18.5 Å². The Kier molecular flexibility index (Phi) is 9.97. The number of benzene rings is 1. The molecule has 1 aromatic heterocycles. The fourth-order valence-corrected chi connectivity index (χ4v) is 5.62. The summed E-state index contributed by atoms with van der Waals surface area (Å²) in [6.45, 7) is 4.94. The second-order valence-corrected chi connectivity index (χ2v) is 9.54. The third-order valence-electron chi connectivity index (χ3n) is 4.73. The van der Waals surface area contributed by atoms with E-state index in [0.29, 0.717) is 27.8 Å². The molecule has 3 rings (SSSR count). The van der Waals surface area contributed by atoms with Crippen molar-refractivity contribution in [2.45, 2.75) is 37.6 Å². The Bertz CT molecular complexity index is 872. The largest absolute Gasteiger partial charge is 0.465 e. The van der Waals surface area contributed by atoms with E-state index in [4.69, 9.17) is 16.3 Å². The van der Waals surface area contributed by atoms with Crippen LogP contribution >= 0.6 is 47.1 Å². The molecule has 1 aliphatic heterocycles. The maximum absolute atomic E-state index is 12.5. The molecule has 30 heavy (non-hydrogen) atoms. The molecule has 0 fully saturated rings. The maximum Gasteiger partial charge on any atom is 0.341 e. The van der Waals surface area contributed by atoms with Gasteiger partial charge in [0.05, 0.1) is 12.7 Å². The highest BCUT2D eigenvalue weighted by Crippen LogP contribution is 2.37. The number of esters is 1. The Hall–Kier alpha value is -1.25. The van der Waals surface area contributed by atoms with Crippen LogP contribution in [0.3, 0.4) is 0 Å². The Morgan fingerprint density at radius 2 is 2.03 bits per heavy atom. The molecular formula is C21H26Cl2N2O3S2. The SMILES string of the molecule is CCCN1CCc2c(sc(NC(=O)CCSc3ccc(Cl)cc3)c2C(=O)OC)C1.Cl. The van der Waals surface area contributed by atoms with Gasteiger partial charge in [-0.05, 0) is 49.2 Å². The molecule has 1 aromatic carbocycles. The Morgan fingerprint density at radius 3 is 2.70 bits per heavy atom. The molecule has 9 heteroatoms. The molecule has 0 unspecified atom stereocenters. The van der Waals surface area contributed by atoms with Crippen molar-refractivity contribution in [3.8, 4) is 0 Å². The molecule has 0 atom stereocenters. The number of hydrogen-bond acceptors (Lipinski definition) is 6. The number of amides is 1. The number of fused-ring (bicyclic) bond motifs is 1. The van der Waals surface area contributed by atoms with E-state index < -0.39 is 0 Å². The summed E-state index contributed by atoms with van der Waals surface area (Å²) in [6.07, 6.45) is 2.26. The van der Waals surface area contributed by atoms with E-state index in [1.807, 2.05) is 24.3 Å². The Morgan fingerprint density at radius 1 is 1.30 bits per heavy atom. The van der Waals surface area contributed by atoms with Crippen molar-refractivity contribution in [3.63, 3.8) is 0 Å². The van der Waals surface area contributed by atoms with Crippen LogP contribution in [0.25, 0.3) is 0 Å². The number of carbonyl (C=O) groups excluding carboxylic acids is 2. The van der Waals surface area contributed by atoms with Gasteiger partial charge in [0.15, 0.2) is 0 Å². The van der Waals surface area contributed by atoms with E-state index in [1.165, 1.54) is 18.4 Å². The van der Waals surface area contributed by atoms with Gasteiger partial charge in [0.2, 0.25) is 5.91 Å². The first-order valence-electron chi connectivity index (χ1n) is 9.65. The topological polar surface area (TPSA) is 58.6 Å². The number of hydrogen-bond donors (Lipinski definition) is 1. The van der Waals surface area contributed by atoms with Crippen LogP contribution in [0.5, 0.6) is 0 Å². The van der Waals surface area contributed by atoms with Crippen LogP contribution in [0.4, 0.5) is 5.00 Å². The number of rotatable bonds is 8. The first kappa shape index (κ1) is 25.0. The summed E-state index contributed by atoms with van der Waals surface area (Å²) in [5, 5.41) is 4.26. The van der Waals surface area contributed by atoms with E-state index in [2.05, 4.69) is 17.1 Å². The third-order valence-corrected chi connectivity index (χ3v) is 7.13. The van der Waals surface area contributed by atoms with Gasteiger partial charge in [0, 0.05) is 40.1 Å². The fourth-order valence-electron chi connectivity index (χ4n) is 3.35. The predicted molar refractivity (Wildman–Crippen MR) is 128 cm³/mol. The highest BCUT2D eigenvalue weighted by molar-refractivity contribution is 7.99. The fraction of sp³-hybridized carbons (Fsp3) is 0.429. The van der Waals surface area contributed by atoms with Gasteiger partial charge in [0.25, 0.3) is 0 Å². The summed E-state index contributed by atoms with van der Waals surface area (Å²) < 4.78 is 4.99. The number of nitrogens with one attached hydrogen (secondary N) is 1. The van der Waals surface area contributed by atoms with Gasteiger partial charge in [-0.25, -0.2) is 4.79 Å². The lowest BCUT2D eigenvalue weighted by atomic mass is 10.0. The molecule has 2 heterocycles. The summed E-state index contributed by atoms with van der Waals surface area (Å²) in [6, 6.07) is 7.56. The first-order valence-corrected chi connectivity index (χ1v) is 11.8. The lowest BCUT2D eigenvalue weighted by Gasteiger charge is -2.26. The van der Waals surface area contributed by atoms with Crippen LogP contribution in [-0.2, 0) is 22.5 Å². The average Bonchev–Trinajstić information content (AvgIpc) is 3.06. The minimum atomic E-state index is -0.378. The van der Waals surface area contributed by atoms with Crippen molar-refractivity contribution in [3.05, 3.63) is 45.3 Å². The van der Waals surface area contributed by atoms with E-state index in [0.717, 1.165) is 47.8 Å². The summed E-state index contributed by atoms with van der Waals surface area (Å²) >= 11 is 9.00. The normalized spacial score (nSPS) is 13.3. The van der Waals surface area contributed by atoms with Gasteiger partial charge < -0.3 is 10.1 Å². The van der Waals surface area contributed by atoms with Crippen LogP contribution in [0, 0.1) is 0 Å². The highest BCUT2D eigenvalue weighted by atomic mass is 35.5. The van der Waals surface area contributed by atoms with Gasteiger partial charge >= 0.3 is 5.97 Å². The zero-order valence-corrected chi connectivity index (χ0v) is 20.2. The van der Waals surface area contributed by atoms with Crippen molar-refractivity contribution in [2.75, 3.05) is 31.3 Å². The minimum Gasteiger partial charge on any atom is -0.465 e. The van der Waals surface area contributed by atoms with Gasteiger partial charge in [-0.15, -0.1) is 35.5 Å². The van der Waals surface area contributed by atoms with E-state index in [-0.39, 0.29) is 24.3 Å². The third kappa shape index (κ3) is 6.37. The molecule has 164 valence electrons. The molecule has 0 spiro atoms. The molecule has 0 radical (unpaired) electrons. The number of thioether (sulfide) groups is 1. The molecule has 5 nitrogen and oxygen atoms in total. The van der Waals surface area contributed by atoms with Gasteiger partial charge in [-0.3, -0.25) is 9.69 Å². The standard InChI is InChI=1S/C21H25ClN2O3S2.ClH/c1-3-10-24-11-8-16-17(13-24)29-20(19(16)21(26)27-2)23-18(25)9-12-28-15-6-4-14(22)5-7-15;/h4-7H,3,8-13H2,1-2H3,(H,23,25);1H. The number of thiophene rings is 1. The summed E-state index contributed by atoms with van der Waals surface area (Å²) in [4.78, 5) is 29.5. The molecule has 1 amide bonds. The molecule has 1 aliphatic rings. The maximum atomic E-state index is 12.5. The number of carbonyl (C=O) groups is 2. The average molecular weight is 489 g/mol. The molecule has 0 saturated carbocycles. The summed E-state index contributed by atoms with van der Waals surface area (Å²) in [5.41, 5.74) is 1.56. The smallest absolute Gasteiger partial charge is 0.341 e. The summed E-state index contributed by atoms with van der Waals surface area (Å²) in [5.74, 6) is 0.175. The minimum absolute atomic E-state index is 0. The van der Waals surface area contributed by atoms with E-state index in [9.17, 15) is 9.59 Å². The predicted octanol–water partition coefficient (Wildman–Crippen LogP) is 5.50. The van der Waals surface area contributed by atoms with Crippen LogP contribution in [0.2, 0.25) is 5.02 Å². The van der Waals surface area contributed by atoms with Crippen molar-refractivity contribution < 1.29 is 14.3 Å². The molecule has 0 bridgehead atoms. The van der Waals surface area contributed by atoms with Crippen LogP contribution in [-0.4, -0.2) is 42.7 Å². The van der Waals surface area contributed by atoms with Crippen LogP contribution < -0.4 is 5.32 Å². The van der Waals surface area contributed by atoms with Gasteiger partial charge in [0.1, 0.15) is 5.00 Å². The van der Waals surface area contributed by atoms with Crippen molar-refractivity contribution in [2.24, 2.45) is 0 Å². The van der Waals surface area contributed by atoms with E-state index >= 15 is 0 Å². The van der Waals surface area contributed by atoms with E-state index in [1.54, 1.807) is 11.8 Å². The molecule has 1 N–H and O–H groups in total.